The molecule has 0 radical (unpaired) electrons. The third-order valence-electron chi connectivity index (χ3n) is 4.42. The Hall–Kier alpha value is -3.41. The van der Waals surface area contributed by atoms with Crippen molar-refractivity contribution in [2.24, 2.45) is 0 Å². The standard InChI is InChI=1S/C22H19F5N4O2S/c1-3-9-31-20(13(2)33-18-8-7-15(23)11-17(18)24)29-30-21(31)34-12-19(32)28-16-6-4-5-14(10-16)22(25,26)27/h3-8,10-11,13H,1,9,12H2,2H3,(H,28,32). The van der Waals surface area contributed by atoms with Crippen LogP contribution < -0.4 is 10.1 Å². The molecule has 0 aliphatic rings. The van der Waals surface area contributed by atoms with Crippen LogP contribution >= 0.6 is 11.8 Å². The molecule has 1 aromatic heterocycles. The van der Waals surface area contributed by atoms with E-state index >= 15 is 0 Å². The first-order valence-electron chi connectivity index (χ1n) is 9.84. The van der Waals surface area contributed by atoms with Crippen LogP contribution in [0.25, 0.3) is 0 Å². The Kier molecular flexibility index (Phi) is 7.92. The molecular weight excluding hydrogens is 479 g/mol. The Labute approximate surface area is 195 Å². The number of rotatable bonds is 9. The molecule has 1 heterocycles. The molecule has 12 heteroatoms. The highest BCUT2D eigenvalue weighted by atomic mass is 32.2. The molecule has 0 aliphatic carbocycles. The van der Waals surface area contributed by atoms with Gasteiger partial charge in [-0.25, -0.2) is 8.78 Å². The smallest absolute Gasteiger partial charge is 0.416 e. The van der Waals surface area contributed by atoms with Crippen molar-refractivity contribution < 1.29 is 31.5 Å². The van der Waals surface area contributed by atoms with Crippen molar-refractivity contribution in [1.29, 1.82) is 0 Å². The van der Waals surface area contributed by atoms with Gasteiger partial charge < -0.3 is 10.1 Å². The summed E-state index contributed by atoms with van der Waals surface area (Å²) in [7, 11) is 0. The highest BCUT2D eigenvalue weighted by Crippen LogP contribution is 2.31. The second kappa shape index (κ2) is 10.7. The Morgan fingerprint density at radius 3 is 2.68 bits per heavy atom. The fourth-order valence-corrected chi connectivity index (χ4v) is 3.68. The van der Waals surface area contributed by atoms with Crippen molar-refractivity contribution in [3.05, 3.63) is 78.1 Å². The quantitative estimate of drug-likeness (QED) is 0.235. The van der Waals surface area contributed by atoms with Gasteiger partial charge in [0.05, 0.1) is 11.3 Å². The Balaban J connectivity index is 1.68. The number of carbonyl (C=O) groups is 1. The average molecular weight is 498 g/mol. The zero-order valence-electron chi connectivity index (χ0n) is 17.8. The van der Waals surface area contributed by atoms with E-state index in [0.29, 0.717) is 17.0 Å². The Morgan fingerprint density at radius 2 is 2.00 bits per heavy atom. The summed E-state index contributed by atoms with van der Waals surface area (Å²) in [5, 5.41) is 10.8. The molecule has 3 rings (SSSR count). The van der Waals surface area contributed by atoms with E-state index < -0.39 is 35.4 Å². The maximum atomic E-state index is 13.9. The third-order valence-corrected chi connectivity index (χ3v) is 5.39. The highest BCUT2D eigenvalue weighted by molar-refractivity contribution is 7.99. The van der Waals surface area contributed by atoms with Crippen LogP contribution in [0.1, 0.15) is 24.4 Å². The number of anilines is 1. The summed E-state index contributed by atoms with van der Waals surface area (Å²) in [5.74, 6) is -2.18. The molecule has 1 N–H and O–H groups in total. The van der Waals surface area contributed by atoms with Gasteiger partial charge in [-0.2, -0.15) is 13.2 Å². The van der Waals surface area contributed by atoms with Crippen molar-refractivity contribution in [3.63, 3.8) is 0 Å². The largest absolute Gasteiger partial charge is 0.480 e. The highest BCUT2D eigenvalue weighted by Gasteiger charge is 2.30. The van der Waals surface area contributed by atoms with Crippen LogP contribution in [0, 0.1) is 11.6 Å². The van der Waals surface area contributed by atoms with Gasteiger partial charge in [-0.1, -0.05) is 23.9 Å². The van der Waals surface area contributed by atoms with Gasteiger partial charge in [0.25, 0.3) is 0 Å². The maximum Gasteiger partial charge on any atom is 0.416 e. The van der Waals surface area contributed by atoms with E-state index in [1.165, 1.54) is 12.1 Å². The lowest BCUT2D eigenvalue weighted by Gasteiger charge is -2.16. The Morgan fingerprint density at radius 1 is 1.24 bits per heavy atom. The van der Waals surface area contributed by atoms with Gasteiger partial charge in [-0.3, -0.25) is 9.36 Å². The summed E-state index contributed by atoms with van der Waals surface area (Å²) in [6.45, 7) is 5.51. The van der Waals surface area contributed by atoms with Crippen LogP contribution in [-0.2, 0) is 17.5 Å². The van der Waals surface area contributed by atoms with Crippen LogP contribution in [0.15, 0.2) is 60.3 Å². The minimum Gasteiger partial charge on any atom is -0.480 e. The van der Waals surface area contributed by atoms with Crippen molar-refractivity contribution >= 4 is 23.4 Å². The predicted molar refractivity (Wildman–Crippen MR) is 116 cm³/mol. The molecule has 0 fully saturated rings. The Bertz CT molecular complexity index is 1180. The number of alkyl halides is 3. The second-order valence-corrected chi connectivity index (χ2v) is 7.93. The molecule has 34 heavy (non-hydrogen) atoms. The molecule has 0 saturated carbocycles. The van der Waals surface area contributed by atoms with Crippen LogP contribution in [0.3, 0.4) is 0 Å². The molecule has 180 valence electrons. The first-order chi connectivity index (χ1) is 16.1. The zero-order chi connectivity index (χ0) is 24.9. The number of aromatic nitrogens is 3. The molecule has 1 amide bonds. The molecule has 1 unspecified atom stereocenters. The number of hydrogen-bond acceptors (Lipinski definition) is 5. The van der Waals surface area contributed by atoms with Gasteiger partial charge in [-0.15, -0.1) is 16.8 Å². The number of carbonyl (C=O) groups excluding carboxylic acids is 1. The summed E-state index contributed by atoms with van der Waals surface area (Å²) < 4.78 is 72.7. The van der Waals surface area contributed by atoms with Gasteiger partial charge in [0.15, 0.2) is 28.7 Å². The third kappa shape index (κ3) is 6.34. The number of thioether (sulfide) groups is 1. The van der Waals surface area contributed by atoms with Crippen molar-refractivity contribution in [2.75, 3.05) is 11.1 Å². The lowest BCUT2D eigenvalue weighted by Crippen LogP contribution is -2.16. The van der Waals surface area contributed by atoms with Crippen molar-refractivity contribution in [2.45, 2.75) is 30.9 Å². The average Bonchev–Trinajstić information content (AvgIpc) is 3.17. The summed E-state index contributed by atoms with van der Waals surface area (Å²) in [4.78, 5) is 12.3. The zero-order valence-corrected chi connectivity index (χ0v) is 18.6. The first kappa shape index (κ1) is 25.2. The lowest BCUT2D eigenvalue weighted by atomic mass is 10.2. The minimum absolute atomic E-state index is 0.0111. The number of halogens is 5. The summed E-state index contributed by atoms with van der Waals surface area (Å²) in [6, 6.07) is 7.21. The maximum absolute atomic E-state index is 13.9. The van der Waals surface area contributed by atoms with E-state index in [1.54, 1.807) is 17.6 Å². The van der Waals surface area contributed by atoms with Gasteiger partial charge in [0, 0.05) is 18.3 Å². The van der Waals surface area contributed by atoms with E-state index in [4.69, 9.17) is 4.74 Å². The number of nitrogens with one attached hydrogen (secondary N) is 1. The predicted octanol–water partition coefficient (Wildman–Crippen LogP) is 5.63. The minimum atomic E-state index is -4.53. The SMILES string of the molecule is C=CCn1c(SCC(=O)Nc2cccc(C(F)(F)F)c2)nnc1C(C)Oc1ccc(F)cc1F. The molecule has 3 aromatic rings. The van der Waals surface area contributed by atoms with Crippen molar-refractivity contribution in [1.82, 2.24) is 14.8 Å². The fraction of sp³-hybridized carbons (Fsp3) is 0.227. The van der Waals surface area contributed by atoms with E-state index in [-0.39, 0.29) is 23.7 Å². The summed E-state index contributed by atoms with van der Waals surface area (Å²) in [6.07, 6.45) is -3.74. The van der Waals surface area contributed by atoms with Gasteiger partial charge in [-0.05, 0) is 37.3 Å². The lowest BCUT2D eigenvalue weighted by molar-refractivity contribution is -0.137. The topological polar surface area (TPSA) is 69.0 Å². The molecule has 0 bridgehead atoms. The van der Waals surface area contributed by atoms with Gasteiger partial charge in [0.1, 0.15) is 5.82 Å². The number of benzene rings is 2. The van der Waals surface area contributed by atoms with Crippen LogP contribution in [0.2, 0.25) is 0 Å². The molecule has 1 atom stereocenters. The number of nitrogens with zero attached hydrogens (tertiary/aromatic N) is 3. The summed E-state index contributed by atoms with van der Waals surface area (Å²) in [5.41, 5.74) is -0.864. The number of allylic oxidation sites excluding steroid dienone is 1. The number of hydrogen-bond donors (Lipinski definition) is 1. The molecule has 0 aliphatic heterocycles. The molecule has 0 spiro atoms. The molecule has 2 aromatic carbocycles. The van der Waals surface area contributed by atoms with E-state index in [1.807, 2.05) is 0 Å². The molecular formula is C22H19F5N4O2S. The number of amides is 1. The van der Waals surface area contributed by atoms with Gasteiger partial charge >= 0.3 is 6.18 Å². The summed E-state index contributed by atoms with van der Waals surface area (Å²) >= 11 is 1.00. The molecule has 6 nitrogen and oxygen atoms in total. The van der Waals surface area contributed by atoms with E-state index in [0.717, 1.165) is 36.0 Å². The monoisotopic (exact) mass is 498 g/mol. The normalized spacial score (nSPS) is 12.3. The van der Waals surface area contributed by atoms with Crippen molar-refractivity contribution in [3.8, 4) is 5.75 Å². The second-order valence-electron chi connectivity index (χ2n) is 6.99. The fourth-order valence-electron chi connectivity index (χ4n) is 2.92. The van der Waals surface area contributed by atoms with Crippen LogP contribution in [-0.4, -0.2) is 26.4 Å². The number of ether oxygens (including phenoxy) is 1. The molecule has 0 saturated heterocycles. The first-order valence-corrected chi connectivity index (χ1v) is 10.8. The van der Waals surface area contributed by atoms with Crippen LogP contribution in [0.4, 0.5) is 27.6 Å². The van der Waals surface area contributed by atoms with Gasteiger partial charge in [0.2, 0.25) is 5.91 Å². The van der Waals surface area contributed by atoms with E-state index in [2.05, 4.69) is 22.1 Å². The van der Waals surface area contributed by atoms with Crippen LogP contribution in [0.5, 0.6) is 5.75 Å². The van der Waals surface area contributed by atoms with E-state index in [9.17, 15) is 26.7 Å².